The number of hydrogen-bond acceptors (Lipinski definition) is 2. The van der Waals surface area contributed by atoms with Gasteiger partial charge in [-0.05, 0) is 11.1 Å². The fourth-order valence-corrected chi connectivity index (χ4v) is 2.08. The molecule has 0 unspecified atom stereocenters. The first-order valence-electron chi connectivity index (χ1n) is 7.06. The third kappa shape index (κ3) is 4.71. The van der Waals surface area contributed by atoms with E-state index in [-0.39, 0.29) is 18.9 Å². The van der Waals surface area contributed by atoms with Crippen molar-refractivity contribution in [2.24, 2.45) is 0 Å². The number of benzene rings is 2. The second kappa shape index (κ2) is 7.58. The van der Waals surface area contributed by atoms with E-state index in [1.807, 2.05) is 43.3 Å². The van der Waals surface area contributed by atoms with Crippen LogP contribution in [0, 0.1) is 0 Å². The van der Waals surface area contributed by atoms with E-state index in [2.05, 4.69) is 0 Å². The Hall–Kier alpha value is -2.16. The molecule has 21 heavy (non-hydrogen) atoms. The second-order valence-electron chi connectivity index (χ2n) is 5.08. The van der Waals surface area contributed by atoms with E-state index in [9.17, 15) is 9.18 Å². The maximum atomic E-state index is 13.9. The molecule has 2 aromatic carbocycles. The minimum Gasteiger partial charge on any atom is -0.465 e. The maximum absolute atomic E-state index is 13.9. The zero-order valence-corrected chi connectivity index (χ0v) is 12.0. The molecule has 0 saturated heterocycles. The SMILES string of the molecule is C[C@@H](COC(=O)C[C@H](F)c1ccccc1)c1ccccc1. The lowest BCUT2D eigenvalue weighted by Crippen LogP contribution is -2.12. The summed E-state index contributed by atoms with van der Waals surface area (Å²) in [5.41, 5.74) is 1.61. The summed E-state index contributed by atoms with van der Waals surface area (Å²) in [6, 6.07) is 18.5. The zero-order valence-electron chi connectivity index (χ0n) is 12.0. The third-order valence-electron chi connectivity index (χ3n) is 3.37. The van der Waals surface area contributed by atoms with Crippen LogP contribution in [0.4, 0.5) is 4.39 Å². The van der Waals surface area contributed by atoms with Gasteiger partial charge in [0, 0.05) is 5.92 Å². The summed E-state index contributed by atoms with van der Waals surface area (Å²) in [6.07, 6.45) is -1.56. The summed E-state index contributed by atoms with van der Waals surface area (Å²) in [7, 11) is 0. The molecule has 2 aromatic rings. The van der Waals surface area contributed by atoms with E-state index in [4.69, 9.17) is 4.74 Å². The first-order valence-corrected chi connectivity index (χ1v) is 7.06. The number of carbonyl (C=O) groups is 1. The highest BCUT2D eigenvalue weighted by atomic mass is 19.1. The van der Waals surface area contributed by atoms with Crippen LogP contribution >= 0.6 is 0 Å². The van der Waals surface area contributed by atoms with Gasteiger partial charge in [-0.15, -0.1) is 0 Å². The molecule has 0 N–H and O–H groups in total. The lowest BCUT2D eigenvalue weighted by molar-refractivity contribution is -0.145. The fourth-order valence-electron chi connectivity index (χ4n) is 2.08. The Morgan fingerprint density at radius 2 is 1.52 bits per heavy atom. The van der Waals surface area contributed by atoms with Crippen molar-refractivity contribution in [3.63, 3.8) is 0 Å². The Balaban J connectivity index is 1.80. The molecule has 0 aliphatic rings. The molecule has 110 valence electrons. The van der Waals surface area contributed by atoms with E-state index in [1.54, 1.807) is 24.3 Å². The van der Waals surface area contributed by atoms with Gasteiger partial charge >= 0.3 is 5.97 Å². The molecule has 2 rings (SSSR count). The van der Waals surface area contributed by atoms with Crippen LogP contribution in [0.2, 0.25) is 0 Å². The highest BCUT2D eigenvalue weighted by Gasteiger charge is 2.16. The van der Waals surface area contributed by atoms with Crippen LogP contribution in [0.3, 0.4) is 0 Å². The fraction of sp³-hybridized carbons (Fsp3) is 0.278. The molecule has 0 heterocycles. The molecule has 0 fully saturated rings. The highest BCUT2D eigenvalue weighted by molar-refractivity contribution is 5.70. The Kier molecular flexibility index (Phi) is 5.50. The Morgan fingerprint density at radius 1 is 1.00 bits per heavy atom. The number of halogens is 1. The number of alkyl halides is 1. The quantitative estimate of drug-likeness (QED) is 0.734. The summed E-state index contributed by atoms with van der Waals surface area (Å²) in [5.74, 6) is -0.404. The molecule has 0 aliphatic carbocycles. The average Bonchev–Trinajstić information content (AvgIpc) is 2.54. The summed E-state index contributed by atoms with van der Waals surface area (Å²) in [4.78, 5) is 11.7. The molecule has 0 aromatic heterocycles. The molecular formula is C18H19FO2. The van der Waals surface area contributed by atoms with Gasteiger partial charge in [0.15, 0.2) is 0 Å². The molecule has 0 aliphatic heterocycles. The predicted octanol–water partition coefficient (Wildman–Crippen LogP) is 4.43. The van der Waals surface area contributed by atoms with Crippen LogP contribution in [0.1, 0.15) is 36.6 Å². The normalized spacial score (nSPS) is 13.4. The van der Waals surface area contributed by atoms with Crippen LogP contribution in [-0.4, -0.2) is 12.6 Å². The lowest BCUT2D eigenvalue weighted by Gasteiger charge is -2.13. The van der Waals surface area contributed by atoms with E-state index in [1.165, 1.54) is 0 Å². The smallest absolute Gasteiger partial charge is 0.309 e. The molecule has 0 spiro atoms. The van der Waals surface area contributed by atoms with E-state index >= 15 is 0 Å². The van der Waals surface area contributed by atoms with Gasteiger partial charge in [-0.2, -0.15) is 0 Å². The number of hydrogen-bond donors (Lipinski definition) is 0. The first-order chi connectivity index (χ1) is 10.2. The standard InChI is InChI=1S/C18H19FO2/c1-14(15-8-4-2-5-9-15)13-21-18(20)12-17(19)16-10-6-3-7-11-16/h2-11,14,17H,12-13H2,1H3/t14-,17-/m0/s1. The summed E-state index contributed by atoms with van der Waals surface area (Å²) in [5, 5.41) is 0. The second-order valence-corrected chi connectivity index (χ2v) is 5.08. The van der Waals surface area contributed by atoms with Gasteiger partial charge in [-0.3, -0.25) is 4.79 Å². The van der Waals surface area contributed by atoms with Crippen molar-refractivity contribution in [3.05, 3.63) is 71.8 Å². The van der Waals surface area contributed by atoms with Crippen LogP contribution < -0.4 is 0 Å². The van der Waals surface area contributed by atoms with Gasteiger partial charge in [0.05, 0.1) is 13.0 Å². The summed E-state index contributed by atoms with van der Waals surface area (Å²) in [6.45, 7) is 2.25. The van der Waals surface area contributed by atoms with Crippen LogP contribution in [0.25, 0.3) is 0 Å². The molecule has 2 nitrogen and oxygen atoms in total. The predicted molar refractivity (Wildman–Crippen MR) is 80.7 cm³/mol. The van der Waals surface area contributed by atoms with Crippen LogP contribution in [0.15, 0.2) is 60.7 Å². The Morgan fingerprint density at radius 3 is 2.10 bits per heavy atom. The minimum absolute atomic E-state index is 0.102. The molecular weight excluding hydrogens is 267 g/mol. The van der Waals surface area contributed by atoms with Gasteiger partial charge < -0.3 is 4.74 Å². The van der Waals surface area contributed by atoms with Gasteiger partial charge in [-0.25, -0.2) is 4.39 Å². The highest BCUT2D eigenvalue weighted by Crippen LogP contribution is 2.22. The average molecular weight is 286 g/mol. The maximum Gasteiger partial charge on any atom is 0.309 e. The van der Waals surface area contributed by atoms with E-state index in [0.29, 0.717) is 5.56 Å². The lowest BCUT2D eigenvalue weighted by atomic mass is 10.0. The summed E-state index contributed by atoms with van der Waals surface area (Å²) < 4.78 is 19.1. The van der Waals surface area contributed by atoms with Crippen molar-refractivity contribution in [3.8, 4) is 0 Å². The zero-order chi connectivity index (χ0) is 15.1. The summed E-state index contributed by atoms with van der Waals surface area (Å²) >= 11 is 0. The Bertz CT molecular complexity index is 554. The number of carbonyl (C=O) groups excluding carboxylic acids is 1. The molecule has 0 radical (unpaired) electrons. The third-order valence-corrected chi connectivity index (χ3v) is 3.37. The number of rotatable bonds is 6. The van der Waals surface area contributed by atoms with Gasteiger partial charge in [-0.1, -0.05) is 67.6 Å². The van der Waals surface area contributed by atoms with E-state index < -0.39 is 12.1 Å². The number of esters is 1. The van der Waals surface area contributed by atoms with Gasteiger partial charge in [0.2, 0.25) is 0 Å². The first kappa shape index (κ1) is 15.2. The molecule has 2 atom stereocenters. The molecule has 0 saturated carbocycles. The van der Waals surface area contributed by atoms with E-state index in [0.717, 1.165) is 5.56 Å². The van der Waals surface area contributed by atoms with Crippen molar-refractivity contribution in [1.82, 2.24) is 0 Å². The van der Waals surface area contributed by atoms with Crippen molar-refractivity contribution in [2.45, 2.75) is 25.4 Å². The van der Waals surface area contributed by atoms with Crippen molar-refractivity contribution >= 4 is 5.97 Å². The van der Waals surface area contributed by atoms with Crippen molar-refractivity contribution in [1.29, 1.82) is 0 Å². The number of ether oxygens (including phenoxy) is 1. The molecule has 0 bridgehead atoms. The van der Waals surface area contributed by atoms with Crippen molar-refractivity contribution in [2.75, 3.05) is 6.61 Å². The van der Waals surface area contributed by atoms with Crippen LogP contribution in [-0.2, 0) is 9.53 Å². The van der Waals surface area contributed by atoms with Crippen molar-refractivity contribution < 1.29 is 13.9 Å². The topological polar surface area (TPSA) is 26.3 Å². The Labute approximate surface area is 124 Å². The molecule has 3 heteroatoms. The van der Waals surface area contributed by atoms with Gasteiger partial charge in [0.25, 0.3) is 0 Å². The minimum atomic E-state index is -1.31. The molecule has 0 amide bonds. The largest absolute Gasteiger partial charge is 0.465 e. The monoisotopic (exact) mass is 286 g/mol. The van der Waals surface area contributed by atoms with Gasteiger partial charge in [0.1, 0.15) is 6.17 Å². The van der Waals surface area contributed by atoms with Crippen LogP contribution in [0.5, 0.6) is 0 Å².